The summed E-state index contributed by atoms with van der Waals surface area (Å²) in [4.78, 5) is 8.25. The molecule has 0 aliphatic heterocycles. The van der Waals surface area contributed by atoms with Gasteiger partial charge in [-0.25, -0.2) is 9.37 Å². The van der Waals surface area contributed by atoms with Gasteiger partial charge in [-0.2, -0.15) is 4.98 Å². The first-order chi connectivity index (χ1) is 8.58. The summed E-state index contributed by atoms with van der Waals surface area (Å²) in [6, 6.07) is 5.54. The fourth-order valence-electron chi connectivity index (χ4n) is 1.39. The zero-order chi connectivity index (χ0) is 13.1. The van der Waals surface area contributed by atoms with Crippen LogP contribution in [0, 0.1) is 12.7 Å². The van der Waals surface area contributed by atoms with E-state index in [0.717, 1.165) is 0 Å². The van der Waals surface area contributed by atoms with Gasteiger partial charge in [0, 0.05) is 13.1 Å². The molecule has 0 atom stereocenters. The monoisotopic (exact) mass is 267 g/mol. The van der Waals surface area contributed by atoms with Crippen LogP contribution in [0.4, 0.5) is 10.2 Å². The Balaban J connectivity index is 2.30. The average molecular weight is 268 g/mol. The first kappa shape index (κ1) is 12.6. The summed E-state index contributed by atoms with van der Waals surface area (Å²) in [6.45, 7) is 1.75. The number of rotatable bonds is 3. The number of anilines is 1. The third kappa shape index (κ3) is 2.87. The summed E-state index contributed by atoms with van der Waals surface area (Å²) in [5, 5.41) is 3.09. The predicted molar refractivity (Wildman–Crippen MR) is 67.8 cm³/mol. The van der Waals surface area contributed by atoms with Gasteiger partial charge in [-0.05, 0) is 25.1 Å². The zero-order valence-electron chi connectivity index (χ0n) is 9.87. The van der Waals surface area contributed by atoms with Crippen molar-refractivity contribution in [3.8, 4) is 11.6 Å². The van der Waals surface area contributed by atoms with Crippen LogP contribution < -0.4 is 10.1 Å². The molecule has 1 aromatic carbocycles. The third-order valence-corrected chi connectivity index (χ3v) is 2.47. The van der Waals surface area contributed by atoms with Crippen molar-refractivity contribution in [1.82, 2.24) is 9.97 Å². The number of nitrogens with one attached hydrogen (secondary N) is 1. The van der Waals surface area contributed by atoms with E-state index in [-0.39, 0.29) is 5.02 Å². The third-order valence-electron chi connectivity index (χ3n) is 2.18. The van der Waals surface area contributed by atoms with Crippen molar-refractivity contribution in [2.75, 3.05) is 12.4 Å². The topological polar surface area (TPSA) is 47.0 Å². The molecular formula is C12H11ClFN3O. The Morgan fingerprint density at radius 1 is 1.28 bits per heavy atom. The SMILES string of the molecule is CNc1cc(Oc2ccc(F)cc2Cl)nc(C)n1. The van der Waals surface area contributed by atoms with Crippen LogP contribution in [-0.4, -0.2) is 17.0 Å². The summed E-state index contributed by atoms with van der Waals surface area (Å²) in [6.07, 6.45) is 0. The van der Waals surface area contributed by atoms with Crippen LogP contribution in [0.1, 0.15) is 5.82 Å². The molecule has 1 heterocycles. The highest BCUT2D eigenvalue weighted by atomic mass is 35.5. The fraction of sp³-hybridized carbons (Fsp3) is 0.167. The van der Waals surface area contributed by atoms with E-state index < -0.39 is 5.82 Å². The molecule has 0 aliphatic rings. The van der Waals surface area contributed by atoms with Gasteiger partial charge in [-0.3, -0.25) is 0 Å². The molecule has 6 heteroatoms. The summed E-state index contributed by atoms with van der Waals surface area (Å²) in [5.74, 6) is 1.48. The van der Waals surface area contributed by atoms with E-state index in [1.165, 1.54) is 18.2 Å². The van der Waals surface area contributed by atoms with E-state index in [1.54, 1.807) is 20.0 Å². The van der Waals surface area contributed by atoms with Crippen LogP contribution >= 0.6 is 11.6 Å². The molecule has 0 bridgehead atoms. The Morgan fingerprint density at radius 3 is 2.72 bits per heavy atom. The van der Waals surface area contributed by atoms with Gasteiger partial charge in [-0.1, -0.05) is 11.6 Å². The molecule has 0 saturated carbocycles. The average Bonchev–Trinajstić information content (AvgIpc) is 2.32. The standard InChI is InChI=1S/C12H11ClFN3O/c1-7-16-11(15-2)6-12(17-7)18-10-4-3-8(14)5-9(10)13/h3-6H,1-2H3,(H,15,16,17). The van der Waals surface area contributed by atoms with Gasteiger partial charge < -0.3 is 10.1 Å². The van der Waals surface area contributed by atoms with Crippen molar-refractivity contribution in [3.63, 3.8) is 0 Å². The predicted octanol–water partition coefficient (Wildman–Crippen LogP) is 3.41. The van der Waals surface area contributed by atoms with E-state index in [2.05, 4.69) is 15.3 Å². The van der Waals surface area contributed by atoms with Crippen LogP contribution in [0.15, 0.2) is 24.3 Å². The van der Waals surface area contributed by atoms with Crippen molar-refractivity contribution in [2.45, 2.75) is 6.92 Å². The number of hydrogen-bond acceptors (Lipinski definition) is 4. The van der Waals surface area contributed by atoms with E-state index in [4.69, 9.17) is 16.3 Å². The number of nitrogens with zero attached hydrogens (tertiary/aromatic N) is 2. The summed E-state index contributed by atoms with van der Waals surface area (Å²) in [5.41, 5.74) is 0. The maximum Gasteiger partial charge on any atom is 0.224 e. The summed E-state index contributed by atoms with van der Waals surface area (Å²) < 4.78 is 18.4. The minimum Gasteiger partial charge on any atom is -0.437 e. The molecule has 1 aromatic heterocycles. The highest BCUT2D eigenvalue weighted by molar-refractivity contribution is 6.32. The summed E-state index contributed by atoms with van der Waals surface area (Å²) >= 11 is 5.87. The van der Waals surface area contributed by atoms with E-state index in [9.17, 15) is 4.39 Å². The smallest absolute Gasteiger partial charge is 0.224 e. The molecule has 0 unspecified atom stereocenters. The number of ether oxygens (including phenoxy) is 1. The van der Waals surface area contributed by atoms with E-state index >= 15 is 0 Å². The second-order valence-corrected chi connectivity index (χ2v) is 3.97. The minimum atomic E-state index is -0.415. The quantitative estimate of drug-likeness (QED) is 0.926. The molecule has 0 spiro atoms. The Kier molecular flexibility index (Phi) is 3.62. The molecule has 0 radical (unpaired) electrons. The van der Waals surface area contributed by atoms with Crippen molar-refractivity contribution in [2.24, 2.45) is 0 Å². The van der Waals surface area contributed by atoms with Crippen molar-refractivity contribution in [1.29, 1.82) is 0 Å². The van der Waals surface area contributed by atoms with Crippen molar-refractivity contribution < 1.29 is 9.13 Å². The van der Waals surface area contributed by atoms with Crippen LogP contribution in [-0.2, 0) is 0 Å². The molecule has 0 fully saturated rings. The number of aromatic nitrogens is 2. The normalized spacial score (nSPS) is 10.2. The zero-order valence-corrected chi connectivity index (χ0v) is 10.6. The first-order valence-electron chi connectivity index (χ1n) is 5.25. The van der Waals surface area contributed by atoms with Gasteiger partial charge in [0.2, 0.25) is 5.88 Å². The largest absolute Gasteiger partial charge is 0.437 e. The molecule has 2 rings (SSSR count). The minimum absolute atomic E-state index is 0.192. The maximum absolute atomic E-state index is 12.9. The van der Waals surface area contributed by atoms with Crippen LogP contribution in [0.2, 0.25) is 5.02 Å². The molecule has 1 N–H and O–H groups in total. The Labute approximate surface area is 109 Å². The van der Waals surface area contributed by atoms with Crippen LogP contribution in [0.3, 0.4) is 0 Å². The van der Waals surface area contributed by atoms with Gasteiger partial charge in [-0.15, -0.1) is 0 Å². The Morgan fingerprint density at radius 2 is 2.06 bits per heavy atom. The summed E-state index contributed by atoms with van der Waals surface area (Å²) in [7, 11) is 1.75. The number of aryl methyl sites for hydroxylation is 1. The number of benzene rings is 1. The lowest BCUT2D eigenvalue weighted by Crippen LogP contribution is -1.98. The van der Waals surface area contributed by atoms with Crippen molar-refractivity contribution in [3.05, 3.63) is 40.9 Å². The van der Waals surface area contributed by atoms with Gasteiger partial charge in [0.05, 0.1) is 5.02 Å². The first-order valence-corrected chi connectivity index (χ1v) is 5.62. The fourth-order valence-corrected chi connectivity index (χ4v) is 1.60. The van der Waals surface area contributed by atoms with Gasteiger partial charge in [0.1, 0.15) is 23.2 Å². The molecule has 94 valence electrons. The second-order valence-electron chi connectivity index (χ2n) is 3.57. The molecule has 18 heavy (non-hydrogen) atoms. The molecule has 0 amide bonds. The van der Waals surface area contributed by atoms with E-state index in [1.807, 2.05) is 0 Å². The van der Waals surface area contributed by atoms with Crippen LogP contribution in [0.25, 0.3) is 0 Å². The Bertz CT molecular complexity index is 577. The number of hydrogen-bond donors (Lipinski definition) is 1. The lowest BCUT2D eigenvalue weighted by Gasteiger charge is -2.08. The van der Waals surface area contributed by atoms with Gasteiger partial charge in [0.15, 0.2) is 0 Å². The van der Waals surface area contributed by atoms with Gasteiger partial charge in [0.25, 0.3) is 0 Å². The van der Waals surface area contributed by atoms with Crippen LogP contribution in [0.5, 0.6) is 11.6 Å². The highest BCUT2D eigenvalue weighted by Crippen LogP contribution is 2.29. The van der Waals surface area contributed by atoms with E-state index in [0.29, 0.717) is 23.3 Å². The van der Waals surface area contributed by atoms with Crippen molar-refractivity contribution >= 4 is 17.4 Å². The maximum atomic E-state index is 12.9. The second kappa shape index (κ2) is 5.18. The lowest BCUT2D eigenvalue weighted by atomic mass is 10.3. The molecular weight excluding hydrogens is 257 g/mol. The Hall–Kier alpha value is -1.88. The molecule has 0 aliphatic carbocycles. The number of halogens is 2. The molecule has 0 saturated heterocycles. The highest BCUT2D eigenvalue weighted by Gasteiger charge is 2.07. The van der Waals surface area contributed by atoms with Gasteiger partial charge >= 0.3 is 0 Å². The molecule has 4 nitrogen and oxygen atoms in total. The lowest BCUT2D eigenvalue weighted by molar-refractivity contribution is 0.459. The molecule has 2 aromatic rings.